The predicted molar refractivity (Wildman–Crippen MR) is 174 cm³/mol. The van der Waals surface area contributed by atoms with Crippen molar-refractivity contribution in [3.05, 3.63) is 48.5 Å². The Bertz CT molecular complexity index is 1520. The molecule has 2 bridgehead atoms. The van der Waals surface area contributed by atoms with E-state index in [9.17, 15) is 4.79 Å². The number of anilines is 1. The highest BCUT2D eigenvalue weighted by Gasteiger charge is 2.68. The van der Waals surface area contributed by atoms with E-state index in [4.69, 9.17) is 22.5 Å². The van der Waals surface area contributed by atoms with Gasteiger partial charge in [0, 0.05) is 12.6 Å². The van der Waals surface area contributed by atoms with Crippen molar-refractivity contribution in [2.24, 2.45) is 0 Å². The first-order chi connectivity index (χ1) is 21.3. The Morgan fingerprint density at radius 1 is 0.956 bits per heavy atom. The maximum Gasteiger partial charge on any atom is 0.335 e. The molecule has 3 saturated heterocycles. The lowest BCUT2D eigenvalue weighted by atomic mass is 9.94. The maximum absolute atomic E-state index is 13.0. The van der Waals surface area contributed by atoms with Gasteiger partial charge in [-0.15, -0.1) is 0 Å². The number of rotatable bonds is 7. The number of ether oxygens (including phenoxy) is 1. The predicted octanol–water partition coefficient (Wildman–Crippen LogP) is 5.55. The zero-order valence-corrected chi connectivity index (χ0v) is 29.7. The highest BCUT2D eigenvalue weighted by molar-refractivity contribution is 6.84. The van der Waals surface area contributed by atoms with Crippen molar-refractivity contribution in [1.29, 1.82) is 0 Å². The standard InChI is InChI=1S/C31H46N6O6Si2/c1-19(2)44(20(3)4)39-16-31-15-36(9)41-25(26(31)42-45(43-44,21(5)6)22(7)8)30(40-31)37-18-34-24-27(32-17-33-28(24)37)35-29(38)23-13-11-10-12-14-23/h10-14,17-22,25-26,30H,15-16H2,1-9H3,(H,32,33,35,38)/t25?,26-,30-,31-/m1/s1. The van der Waals surface area contributed by atoms with E-state index in [1.54, 1.807) is 18.5 Å². The van der Waals surface area contributed by atoms with Crippen LogP contribution in [0.2, 0.25) is 22.2 Å². The highest BCUT2D eigenvalue weighted by Crippen LogP contribution is 2.53. The largest absolute Gasteiger partial charge is 0.414 e. The Morgan fingerprint density at radius 3 is 2.27 bits per heavy atom. The lowest BCUT2D eigenvalue weighted by Crippen LogP contribution is -2.71. The van der Waals surface area contributed by atoms with Gasteiger partial charge >= 0.3 is 17.1 Å². The van der Waals surface area contributed by atoms with Gasteiger partial charge in [-0.1, -0.05) is 73.6 Å². The second-order valence-electron chi connectivity index (χ2n) is 13.8. The average Bonchev–Trinajstić information content (AvgIpc) is 3.48. The highest BCUT2D eigenvalue weighted by atomic mass is 28.5. The molecule has 12 nitrogen and oxygen atoms in total. The van der Waals surface area contributed by atoms with Crippen LogP contribution in [0.3, 0.4) is 0 Å². The van der Waals surface area contributed by atoms with E-state index in [0.717, 1.165) is 0 Å². The quantitative estimate of drug-likeness (QED) is 0.325. The number of imidazole rings is 1. The molecule has 1 unspecified atom stereocenters. The molecule has 3 aliphatic heterocycles. The van der Waals surface area contributed by atoms with Crippen molar-refractivity contribution < 1.29 is 27.3 Å². The lowest BCUT2D eigenvalue weighted by Gasteiger charge is -2.55. The molecule has 244 valence electrons. The first-order valence-corrected chi connectivity index (χ1v) is 19.9. The molecule has 14 heteroatoms. The van der Waals surface area contributed by atoms with Crippen molar-refractivity contribution in [3.63, 3.8) is 0 Å². The fourth-order valence-corrected chi connectivity index (χ4v) is 18.6. The van der Waals surface area contributed by atoms with Gasteiger partial charge in [-0.3, -0.25) is 14.2 Å². The van der Waals surface area contributed by atoms with Gasteiger partial charge in [0.2, 0.25) is 0 Å². The minimum Gasteiger partial charge on any atom is -0.414 e. The van der Waals surface area contributed by atoms with Crippen LogP contribution in [0.5, 0.6) is 0 Å². The minimum absolute atomic E-state index is 0.163. The topological polar surface area (TPSA) is 122 Å². The molecule has 5 heterocycles. The maximum atomic E-state index is 13.0. The van der Waals surface area contributed by atoms with E-state index in [-0.39, 0.29) is 28.1 Å². The molecule has 4 atom stereocenters. The zero-order valence-electron chi connectivity index (χ0n) is 27.7. The van der Waals surface area contributed by atoms with Crippen LogP contribution in [0.4, 0.5) is 5.82 Å². The first-order valence-electron chi connectivity index (χ1n) is 15.9. The van der Waals surface area contributed by atoms with E-state index in [1.807, 2.05) is 34.9 Å². The monoisotopic (exact) mass is 654 g/mol. The van der Waals surface area contributed by atoms with Gasteiger partial charge in [-0.05, 0) is 34.3 Å². The number of carbonyl (C=O) groups is 1. The molecule has 0 spiro atoms. The van der Waals surface area contributed by atoms with Crippen LogP contribution < -0.4 is 5.32 Å². The van der Waals surface area contributed by atoms with Crippen LogP contribution in [-0.4, -0.2) is 85.6 Å². The average molecular weight is 655 g/mol. The third kappa shape index (κ3) is 5.28. The number of hydrogen-bond acceptors (Lipinski definition) is 10. The SMILES string of the molecule is CC(C)[Si]1(C(C)C)OC[C@@]23CN(C)OC([C@H](n4cnc5c(NC(=O)c6ccccc6)ncnc54)O2)[C@H]3O[Si](C(C)C)(C(C)C)O1. The Labute approximate surface area is 267 Å². The molecule has 6 rings (SSSR count). The summed E-state index contributed by atoms with van der Waals surface area (Å²) in [5.41, 5.74) is 1.42. The Hall–Kier alpha value is -2.57. The van der Waals surface area contributed by atoms with Crippen molar-refractivity contribution >= 4 is 40.0 Å². The van der Waals surface area contributed by atoms with Crippen LogP contribution in [0, 0.1) is 0 Å². The smallest absolute Gasteiger partial charge is 0.335 e. The van der Waals surface area contributed by atoms with Gasteiger partial charge in [0.1, 0.15) is 18.0 Å². The van der Waals surface area contributed by atoms with Crippen LogP contribution in [0.1, 0.15) is 72.0 Å². The molecule has 1 N–H and O–H groups in total. The fraction of sp³-hybridized carbons (Fsp3) is 0.613. The van der Waals surface area contributed by atoms with Gasteiger partial charge in [-0.2, -0.15) is 5.06 Å². The molecule has 1 amide bonds. The molecular formula is C31H46N6O6Si2. The van der Waals surface area contributed by atoms with Crippen LogP contribution >= 0.6 is 0 Å². The second kappa shape index (κ2) is 11.9. The normalized spacial score (nSPS) is 28.1. The number of nitrogens with one attached hydrogen (secondary N) is 1. The minimum atomic E-state index is -2.93. The third-order valence-corrected chi connectivity index (χ3v) is 19.7. The van der Waals surface area contributed by atoms with E-state index >= 15 is 0 Å². The van der Waals surface area contributed by atoms with E-state index in [2.05, 4.69) is 75.7 Å². The summed E-state index contributed by atoms with van der Waals surface area (Å²) in [5.74, 6) is 0.0390. The molecule has 2 aromatic heterocycles. The van der Waals surface area contributed by atoms with Gasteiger partial charge in [0.05, 0.1) is 19.5 Å². The molecule has 3 fully saturated rings. The fourth-order valence-electron chi connectivity index (χ4n) is 7.28. The first kappa shape index (κ1) is 32.4. The molecule has 1 aromatic carbocycles. The van der Waals surface area contributed by atoms with Gasteiger partial charge < -0.3 is 23.0 Å². The van der Waals surface area contributed by atoms with E-state index in [1.165, 1.54) is 6.33 Å². The van der Waals surface area contributed by atoms with Crippen LogP contribution in [0.25, 0.3) is 11.2 Å². The number of hydrogen-bond donors (Lipinski definition) is 1. The summed E-state index contributed by atoms with van der Waals surface area (Å²) in [7, 11) is -3.80. The number of hydroxylamine groups is 2. The van der Waals surface area contributed by atoms with Crippen LogP contribution in [0.15, 0.2) is 43.0 Å². The molecule has 3 aliphatic rings. The Balaban J connectivity index is 1.42. The molecule has 45 heavy (non-hydrogen) atoms. The summed E-state index contributed by atoms with van der Waals surface area (Å²) in [5, 5.41) is 4.72. The van der Waals surface area contributed by atoms with E-state index in [0.29, 0.717) is 35.7 Å². The van der Waals surface area contributed by atoms with Crippen LogP contribution in [-0.2, 0) is 22.5 Å². The summed E-state index contributed by atoms with van der Waals surface area (Å²) in [6.07, 6.45) is 1.50. The van der Waals surface area contributed by atoms with E-state index < -0.39 is 41.2 Å². The number of benzene rings is 1. The summed E-state index contributed by atoms with van der Waals surface area (Å²) in [4.78, 5) is 33.0. The zero-order chi connectivity index (χ0) is 32.3. The lowest BCUT2D eigenvalue weighted by molar-refractivity contribution is -0.257. The number of amides is 1. The van der Waals surface area contributed by atoms with Crippen molar-refractivity contribution in [1.82, 2.24) is 24.6 Å². The van der Waals surface area contributed by atoms with Gasteiger partial charge in [0.15, 0.2) is 29.3 Å². The summed E-state index contributed by atoms with van der Waals surface area (Å²) in [6, 6.07) is 8.99. The van der Waals surface area contributed by atoms with Crippen molar-refractivity contribution in [3.8, 4) is 0 Å². The summed E-state index contributed by atoms with van der Waals surface area (Å²) >= 11 is 0. The molecule has 0 radical (unpaired) electrons. The van der Waals surface area contributed by atoms with Crippen molar-refractivity contribution in [2.45, 2.75) is 102 Å². The number of likely N-dealkylation sites (N-methyl/N-ethyl adjacent to an activating group) is 1. The third-order valence-electron chi connectivity index (χ3n) is 9.54. The molecule has 0 saturated carbocycles. The molecule has 3 aromatic rings. The van der Waals surface area contributed by atoms with Crippen molar-refractivity contribution in [2.75, 3.05) is 25.5 Å². The number of fused-ring (bicyclic) bond motifs is 1. The Kier molecular flexibility index (Phi) is 8.57. The summed E-state index contributed by atoms with van der Waals surface area (Å²) < 4.78 is 30.9. The van der Waals surface area contributed by atoms with Gasteiger partial charge in [-0.25, -0.2) is 15.0 Å². The number of nitrogens with zero attached hydrogens (tertiary/aromatic N) is 5. The number of carbonyl (C=O) groups excluding carboxylic acids is 1. The molecule has 0 aliphatic carbocycles. The second-order valence-corrected chi connectivity index (χ2v) is 22.6. The van der Waals surface area contributed by atoms with Gasteiger partial charge in [0.25, 0.3) is 5.91 Å². The summed E-state index contributed by atoms with van der Waals surface area (Å²) in [6.45, 7) is 18.5. The number of aromatic nitrogens is 4. The molecular weight excluding hydrogens is 609 g/mol. The Morgan fingerprint density at radius 2 is 1.62 bits per heavy atom.